The van der Waals surface area contributed by atoms with Crippen molar-refractivity contribution in [2.45, 2.75) is 0 Å². The molecule has 1 aromatic carbocycles. The fourth-order valence-electron chi connectivity index (χ4n) is 2.01. The van der Waals surface area contributed by atoms with Crippen LogP contribution in [0, 0.1) is 0 Å². The average molecular weight is 359 g/mol. The van der Waals surface area contributed by atoms with E-state index in [1.54, 1.807) is 29.8 Å². The van der Waals surface area contributed by atoms with Crippen molar-refractivity contribution in [1.29, 1.82) is 0 Å². The second kappa shape index (κ2) is 6.98. The van der Waals surface area contributed by atoms with E-state index in [-0.39, 0.29) is 5.91 Å². The van der Waals surface area contributed by atoms with Gasteiger partial charge in [-0.2, -0.15) is 0 Å². The molecule has 0 aliphatic rings. The lowest BCUT2D eigenvalue weighted by atomic mass is 10.2. The van der Waals surface area contributed by atoms with Crippen molar-refractivity contribution in [3.05, 3.63) is 58.7 Å². The summed E-state index contributed by atoms with van der Waals surface area (Å²) in [5.74, 6) is 0.211. The number of hydrogen-bond donors (Lipinski definition) is 1. The number of carbonyl (C=O) groups is 1. The zero-order chi connectivity index (χ0) is 17.1. The van der Waals surface area contributed by atoms with Gasteiger partial charge in [0.1, 0.15) is 16.5 Å². The number of benzene rings is 1. The molecule has 0 unspecified atom stereocenters. The number of aromatic nitrogens is 2. The van der Waals surface area contributed by atoms with Crippen LogP contribution in [0.15, 0.2) is 48.0 Å². The minimum absolute atomic E-state index is 0.281. The summed E-state index contributed by atoms with van der Waals surface area (Å²) < 4.78 is 0. The van der Waals surface area contributed by atoms with Gasteiger partial charge in [0.25, 0.3) is 5.91 Å². The lowest BCUT2D eigenvalue weighted by molar-refractivity contribution is 0.102. The highest BCUT2D eigenvalue weighted by atomic mass is 35.5. The molecule has 0 fully saturated rings. The van der Waals surface area contributed by atoms with Crippen molar-refractivity contribution in [2.24, 2.45) is 0 Å². The number of nitrogens with zero attached hydrogens (tertiary/aromatic N) is 3. The quantitative estimate of drug-likeness (QED) is 0.760. The molecular formula is C17H15ClN4OS. The molecule has 122 valence electrons. The van der Waals surface area contributed by atoms with Crippen LogP contribution in [0.2, 0.25) is 5.02 Å². The summed E-state index contributed by atoms with van der Waals surface area (Å²) in [6.07, 6.45) is 1.70. The van der Waals surface area contributed by atoms with E-state index in [2.05, 4.69) is 15.3 Å². The number of halogens is 1. The number of pyridine rings is 1. The number of thiazole rings is 1. The van der Waals surface area contributed by atoms with E-state index in [4.69, 9.17) is 11.6 Å². The van der Waals surface area contributed by atoms with E-state index in [1.807, 2.05) is 37.2 Å². The van der Waals surface area contributed by atoms with Gasteiger partial charge in [-0.15, -0.1) is 11.3 Å². The van der Waals surface area contributed by atoms with Gasteiger partial charge < -0.3 is 10.2 Å². The number of nitrogens with one attached hydrogen (secondary N) is 1. The smallest absolute Gasteiger partial charge is 0.276 e. The van der Waals surface area contributed by atoms with Gasteiger partial charge in [0, 0.05) is 30.1 Å². The molecule has 24 heavy (non-hydrogen) atoms. The lowest BCUT2D eigenvalue weighted by Gasteiger charge is -2.11. The van der Waals surface area contributed by atoms with Gasteiger partial charge in [-0.05, 0) is 24.3 Å². The number of amides is 1. The predicted molar refractivity (Wildman–Crippen MR) is 99.1 cm³/mol. The van der Waals surface area contributed by atoms with Crippen LogP contribution in [0.5, 0.6) is 0 Å². The third-order valence-electron chi connectivity index (χ3n) is 3.33. The Balaban J connectivity index is 1.72. The molecular weight excluding hydrogens is 344 g/mol. The lowest BCUT2D eigenvalue weighted by Crippen LogP contribution is -2.14. The van der Waals surface area contributed by atoms with E-state index in [1.165, 1.54) is 11.3 Å². The maximum Gasteiger partial charge on any atom is 0.276 e. The molecule has 0 spiro atoms. The summed E-state index contributed by atoms with van der Waals surface area (Å²) in [6.45, 7) is 0. The molecule has 0 bridgehead atoms. The molecule has 0 atom stereocenters. The summed E-state index contributed by atoms with van der Waals surface area (Å²) in [5.41, 5.74) is 2.26. The first-order valence-corrected chi connectivity index (χ1v) is 8.45. The Morgan fingerprint density at radius 2 is 1.92 bits per heavy atom. The van der Waals surface area contributed by atoms with Gasteiger partial charge in [0.05, 0.1) is 11.9 Å². The first kappa shape index (κ1) is 16.4. The average Bonchev–Trinajstić information content (AvgIpc) is 3.06. The summed E-state index contributed by atoms with van der Waals surface area (Å²) in [7, 11) is 3.87. The number of rotatable bonds is 4. The van der Waals surface area contributed by atoms with E-state index < -0.39 is 0 Å². The van der Waals surface area contributed by atoms with Crippen molar-refractivity contribution >= 4 is 40.4 Å². The van der Waals surface area contributed by atoms with Crippen molar-refractivity contribution in [1.82, 2.24) is 9.97 Å². The molecule has 1 N–H and O–H groups in total. The van der Waals surface area contributed by atoms with Crippen LogP contribution in [0.4, 0.5) is 11.5 Å². The highest BCUT2D eigenvalue weighted by Gasteiger charge is 2.12. The Morgan fingerprint density at radius 3 is 2.54 bits per heavy atom. The van der Waals surface area contributed by atoms with Crippen molar-refractivity contribution < 1.29 is 4.79 Å². The Kier molecular flexibility index (Phi) is 4.78. The minimum Gasteiger partial charge on any atom is -0.376 e. The van der Waals surface area contributed by atoms with E-state index in [9.17, 15) is 4.79 Å². The Morgan fingerprint density at radius 1 is 1.17 bits per heavy atom. The first-order valence-electron chi connectivity index (χ1n) is 7.19. The topological polar surface area (TPSA) is 58.1 Å². The van der Waals surface area contributed by atoms with Crippen LogP contribution < -0.4 is 10.2 Å². The monoisotopic (exact) mass is 358 g/mol. The molecule has 2 aromatic heterocycles. The van der Waals surface area contributed by atoms with Crippen LogP contribution in [-0.2, 0) is 0 Å². The SMILES string of the molecule is CN(C)c1ccc(NC(=O)c2csc(-c3ccc(Cl)cc3)n2)nc1. The van der Waals surface area contributed by atoms with Gasteiger partial charge in [-0.3, -0.25) is 4.79 Å². The molecule has 0 saturated heterocycles. The number of carbonyl (C=O) groups excluding carboxylic acids is 1. The molecule has 2 heterocycles. The molecule has 5 nitrogen and oxygen atoms in total. The van der Waals surface area contributed by atoms with Crippen LogP contribution in [0.3, 0.4) is 0 Å². The molecule has 0 aliphatic carbocycles. The van der Waals surface area contributed by atoms with Crippen LogP contribution in [0.25, 0.3) is 10.6 Å². The molecule has 3 rings (SSSR count). The third kappa shape index (κ3) is 3.72. The highest BCUT2D eigenvalue weighted by Crippen LogP contribution is 2.25. The molecule has 1 amide bonds. The van der Waals surface area contributed by atoms with E-state index in [0.717, 1.165) is 16.3 Å². The number of anilines is 2. The predicted octanol–water partition coefficient (Wildman–Crippen LogP) is 4.18. The van der Waals surface area contributed by atoms with Gasteiger partial charge in [-0.1, -0.05) is 23.7 Å². The number of hydrogen-bond acceptors (Lipinski definition) is 5. The van der Waals surface area contributed by atoms with Gasteiger partial charge in [0.15, 0.2) is 0 Å². The second-order valence-electron chi connectivity index (χ2n) is 5.29. The van der Waals surface area contributed by atoms with E-state index >= 15 is 0 Å². The summed E-state index contributed by atoms with van der Waals surface area (Å²) in [6, 6.07) is 11.0. The zero-order valence-corrected chi connectivity index (χ0v) is 14.7. The van der Waals surface area contributed by atoms with Crippen LogP contribution in [-0.4, -0.2) is 30.0 Å². The van der Waals surface area contributed by atoms with Crippen molar-refractivity contribution in [3.63, 3.8) is 0 Å². The second-order valence-corrected chi connectivity index (χ2v) is 6.59. The summed E-state index contributed by atoms with van der Waals surface area (Å²) in [4.78, 5) is 22.8. The van der Waals surface area contributed by atoms with E-state index in [0.29, 0.717) is 16.5 Å². The normalized spacial score (nSPS) is 10.5. The Hall–Kier alpha value is -2.44. The fraction of sp³-hybridized carbons (Fsp3) is 0.118. The summed E-state index contributed by atoms with van der Waals surface area (Å²) >= 11 is 7.30. The maximum absolute atomic E-state index is 12.3. The molecule has 3 aromatic rings. The first-order chi connectivity index (χ1) is 11.5. The highest BCUT2D eigenvalue weighted by molar-refractivity contribution is 7.13. The van der Waals surface area contributed by atoms with Crippen molar-refractivity contribution in [2.75, 3.05) is 24.3 Å². The molecule has 0 aliphatic heterocycles. The van der Waals surface area contributed by atoms with Crippen LogP contribution in [0.1, 0.15) is 10.5 Å². The summed E-state index contributed by atoms with van der Waals surface area (Å²) in [5, 5.41) is 5.92. The third-order valence-corrected chi connectivity index (χ3v) is 4.48. The minimum atomic E-state index is -0.281. The molecule has 7 heteroatoms. The molecule has 0 saturated carbocycles. The maximum atomic E-state index is 12.3. The van der Waals surface area contributed by atoms with Crippen LogP contribution >= 0.6 is 22.9 Å². The largest absolute Gasteiger partial charge is 0.376 e. The fourth-order valence-corrected chi connectivity index (χ4v) is 2.94. The Bertz CT molecular complexity index is 844. The Labute approximate surface area is 148 Å². The zero-order valence-electron chi connectivity index (χ0n) is 13.2. The van der Waals surface area contributed by atoms with Crippen molar-refractivity contribution in [3.8, 4) is 10.6 Å². The standard InChI is InChI=1S/C17H15ClN4OS/c1-22(2)13-7-8-15(19-9-13)21-16(23)14-10-24-17(20-14)11-3-5-12(18)6-4-11/h3-10H,1-2H3,(H,19,21,23). The van der Waals surface area contributed by atoms with Gasteiger partial charge in [0.2, 0.25) is 0 Å². The van der Waals surface area contributed by atoms with Gasteiger partial charge in [-0.25, -0.2) is 9.97 Å². The molecule has 0 radical (unpaired) electrons. The van der Waals surface area contributed by atoms with Gasteiger partial charge >= 0.3 is 0 Å².